The van der Waals surface area contributed by atoms with E-state index in [0.29, 0.717) is 12.1 Å². The lowest BCUT2D eigenvalue weighted by molar-refractivity contribution is 0.142. The maximum atomic E-state index is 5.75. The highest BCUT2D eigenvalue weighted by Gasteiger charge is 2.12. The molecule has 0 saturated carbocycles. The first-order valence-corrected chi connectivity index (χ1v) is 7.22. The van der Waals surface area contributed by atoms with E-state index in [9.17, 15) is 0 Å². The molecule has 1 aromatic carbocycles. The van der Waals surface area contributed by atoms with Crippen LogP contribution in [0.5, 0.6) is 5.75 Å². The summed E-state index contributed by atoms with van der Waals surface area (Å²) in [4.78, 5) is 2.44. The quantitative estimate of drug-likeness (QED) is 0.726. The molecule has 0 bridgehead atoms. The molecule has 0 aliphatic rings. The van der Waals surface area contributed by atoms with Crippen molar-refractivity contribution in [2.24, 2.45) is 0 Å². The molecule has 0 saturated heterocycles. The average Bonchev–Trinajstić information content (AvgIpc) is 2.25. The molecule has 1 aromatic rings. The summed E-state index contributed by atoms with van der Waals surface area (Å²) in [6.07, 6.45) is 0. The van der Waals surface area contributed by atoms with E-state index in [4.69, 9.17) is 4.74 Å². The molecule has 0 heterocycles. The van der Waals surface area contributed by atoms with Crippen LogP contribution in [-0.4, -0.2) is 30.1 Å². The second-order valence-electron chi connectivity index (χ2n) is 4.73. The smallest absolute Gasteiger partial charge is 0.119 e. The molecule has 96 valence electrons. The molecule has 0 radical (unpaired) electrons. The van der Waals surface area contributed by atoms with Crippen molar-refractivity contribution >= 4 is 22.6 Å². The summed E-state index contributed by atoms with van der Waals surface area (Å²) in [6, 6.07) is 9.32. The van der Waals surface area contributed by atoms with Gasteiger partial charge in [0.1, 0.15) is 12.4 Å². The number of ether oxygens (including phenoxy) is 1. The Hall–Kier alpha value is -0.290. The van der Waals surface area contributed by atoms with Crippen LogP contribution in [-0.2, 0) is 0 Å². The third-order valence-corrected chi connectivity index (χ3v) is 3.48. The fourth-order valence-electron chi connectivity index (χ4n) is 1.91. The molecular formula is C14H22INO. The fourth-order valence-corrected chi connectivity index (χ4v) is 2.27. The molecule has 0 amide bonds. The van der Waals surface area contributed by atoms with Gasteiger partial charge in [0.2, 0.25) is 0 Å². The Kier molecular flexibility index (Phi) is 6.27. The maximum absolute atomic E-state index is 5.75. The number of hydrogen-bond acceptors (Lipinski definition) is 2. The minimum absolute atomic E-state index is 0.565. The fraction of sp³-hybridized carbons (Fsp3) is 0.571. The molecular weight excluding hydrogens is 325 g/mol. The van der Waals surface area contributed by atoms with Gasteiger partial charge in [0.25, 0.3) is 0 Å². The first-order valence-electron chi connectivity index (χ1n) is 6.15. The van der Waals surface area contributed by atoms with E-state index in [1.165, 1.54) is 3.57 Å². The maximum Gasteiger partial charge on any atom is 0.119 e. The summed E-state index contributed by atoms with van der Waals surface area (Å²) < 4.78 is 6.98. The Morgan fingerprint density at radius 3 is 2.06 bits per heavy atom. The van der Waals surface area contributed by atoms with E-state index in [1.54, 1.807) is 0 Å². The largest absolute Gasteiger partial charge is 0.492 e. The van der Waals surface area contributed by atoms with Gasteiger partial charge >= 0.3 is 0 Å². The number of halogens is 1. The highest BCUT2D eigenvalue weighted by molar-refractivity contribution is 14.1. The van der Waals surface area contributed by atoms with Crippen LogP contribution in [0.25, 0.3) is 0 Å². The van der Waals surface area contributed by atoms with Crippen LogP contribution >= 0.6 is 22.6 Å². The number of rotatable bonds is 6. The van der Waals surface area contributed by atoms with Gasteiger partial charge in [0.15, 0.2) is 0 Å². The predicted molar refractivity (Wildman–Crippen MR) is 81.6 cm³/mol. The van der Waals surface area contributed by atoms with E-state index in [1.807, 2.05) is 12.1 Å². The topological polar surface area (TPSA) is 12.5 Å². The van der Waals surface area contributed by atoms with E-state index in [0.717, 1.165) is 18.9 Å². The molecule has 0 aromatic heterocycles. The van der Waals surface area contributed by atoms with Crippen LogP contribution in [0, 0.1) is 3.57 Å². The van der Waals surface area contributed by atoms with Crippen molar-refractivity contribution in [1.29, 1.82) is 0 Å². The van der Waals surface area contributed by atoms with Crippen LogP contribution in [0.4, 0.5) is 0 Å². The molecule has 17 heavy (non-hydrogen) atoms. The molecule has 0 atom stereocenters. The first kappa shape index (κ1) is 14.8. The van der Waals surface area contributed by atoms with E-state index in [-0.39, 0.29) is 0 Å². The van der Waals surface area contributed by atoms with Gasteiger partial charge in [-0.15, -0.1) is 0 Å². The van der Waals surface area contributed by atoms with Crippen LogP contribution in [0.3, 0.4) is 0 Å². The van der Waals surface area contributed by atoms with Gasteiger partial charge in [0.05, 0.1) is 0 Å². The van der Waals surface area contributed by atoms with Crippen molar-refractivity contribution in [2.45, 2.75) is 39.8 Å². The molecule has 2 nitrogen and oxygen atoms in total. The lowest BCUT2D eigenvalue weighted by Crippen LogP contribution is -2.39. The number of hydrogen-bond donors (Lipinski definition) is 0. The van der Waals surface area contributed by atoms with Crippen LogP contribution < -0.4 is 4.74 Å². The zero-order valence-electron chi connectivity index (χ0n) is 11.1. The Morgan fingerprint density at radius 2 is 1.59 bits per heavy atom. The SMILES string of the molecule is CC(C)N(CCOc1ccc(I)cc1)C(C)C. The molecule has 0 unspecified atom stereocenters. The van der Waals surface area contributed by atoms with E-state index >= 15 is 0 Å². The summed E-state index contributed by atoms with van der Waals surface area (Å²) in [5.74, 6) is 0.956. The highest BCUT2D eigenvalue weighted by Crippen LogP contribution is 2.13. The zero-order valence-corrected chi connectivity index (χ0v) is 13.3. The highest BCUT2D eigenvalue weighted by atomic mass is 127. The molecule has 0 aliphatic heterocycles. The summed E-state index contributed by atoms with van der Waals surface area (Å²) >= 11 is 2.30. The standard InChI is InChI=1S/C14H22INO/c1-11(2)16(12(3)4)9-10-17-14-7-5-13(15)6-8-14/h5-8,11-12H,9-10H2,1-4H3. The lowest BCUT2D eigenvalue weighted by Gasteiger charge is -2.30. The molecule has 3 heteroatoms. The lowest BCUT2D eigenvalue weighted by atomic mass is 10.2. The Bertz CT molecular complexity index is 313. The van der Waals surface area contributed by atoms with Crippen molar-refractivity contribution in [3.63, 3.8) is 0 Å². The Labute approximate surface area is 118 Å². The monoisotopic (exact) mass is 347 g/mol. The normalized spacial score (nSPS) is 11.5. The first-order chi connectivity index (χ1) is 8.00. The van der Waals surface area contributed by atoms with Gasteiger partial charge in [-0.2, -0.15) is 0 Å². The average molecular weight is 347 g/mol. The third kappa shape index (κ3) is 5.25. The minimum Gasteiger partial charge on any atom is -0.492 e. The van der Waals surface area contributed by atoms with Gasteiger partial charge in [-0.1, -0.05) is 0 Å². The summed E-state index contributed by atoms with van der Waals surface area (Å²) in [6.45, 7) is 10.6. The summed E-state index contributed by atoms with van der Waals surface area (Å²) in [7, 11) is 0. The summed E-state index contributed by atoms with van der Waals surface area (Å²) in [5, 5.41) is 0. The molecule has 0 N–H and O–H groups in total. The van der Waals surface area contributed by atoms with Gasteiger partial charge in [-0.05, 0) is 74.6 Å². The van der Waals surface area contributed by atoms with E-state index < -0.39 is 0 Å². The number of benzene rings is 1. The second kappa shape index (κ2) is 7.21. The second-order valence-corrected chi connectivity index (χ2v) is 5.97. The third-order valence-electron chi connectivity index (χ3n) is 2.76. The molecule has 0 fully saturated rings. The van der Waals surface area contributed by atoms with Crippen LogP contribution in [0.1, 0.15) is 27.7 Å². The Morgan fingerprint density at radius 1 is 1.06 bits per heavy atom. The van der Waals surface area contributed by atoms with Crippen molar-refractivity contribution in [1.82, 2.24) is 4.90 Å². The molecule has 1 rings (SSSR count). The van der Waals surface area contributed by atoms with Crippen molar-refractivity contribution in [3.05, 3.63) is 27.8 Å². The van der Waals surface area contributed by atoms with E-state index in [2.05, 4.69) is 67.3 Å². The summed E-state index contributed by atoms with van der Waals surface area (Å²) in [5.41, 5.74) is 0. The van der Waals surface area contributed by atoms with Gasteiger partial charge in [-0.3, -0.25) is 4.90 Å². The Balaban J connectivity index is 2.38. The van der Waals surface area contributed by atoms with Crippen molar-refractivity contribution in [2.75, 3.05) is 13.2 Å². The van der Waals surface area contributed by atoms with Gasteiger partial charge in [-0.25, -0.2) is 0 Å². The van der Waals surface area contributed by atoms with Crippen molar-refractivity contribution < 1.29 is 4.74 Å². The van der Waals surface area contributed by atoms with Crippen LogP contribution in [0.15, 0.2) is 24.3 Å². The number of nitrogens with zero attached hydrogens (tertiary/aromatic N) is 1. The zero-order chi connectivity index (χ0) is 12.8. The van der Waals surface area contributed by atoms with Gasteiger partial charge < -0.3 is 4.74 Å². The van der Waals surface area contributed by atoms with Crippen molar-refractivity contribution in [3.8, 4) is 5.75 Å². The van der Waals surface area contributed by atoms with Gasteiger partial charge in [0, 0.05) is 22.2 Å². The van der Waals surface area contributed by atoms with Crippen LogP contribution in [0.2, 0.25) is 0 Å². The minimum atomic E-state index is 0.565. The molecule has 0 aliphatic carbocycles. The molecule has 0 spiro atoms. The predicted octanol–water partition coefficient (Wildman–Crippen LogP) is 3.79.